The van der Waals surface area contributed by atoms with Crippen LogP contribution in [0.4, 0.5) is 0 Å². The Balaban J connectivity index is 1.77. The summed E-state index contributed by atoms with van der Waals surface area (Å²) in [5.41, 5.74) is 1.79. The largest absolute Gasteiger partial charge is 0.352 e. The molecule has 2 atom stereocenters. The highest BCUT2D eigenvalue weighted by molar-refractivity contribution is 6.30. The van der Waals surface area contributed by atoms with E-state index in [2.05, 4.69) is 10.3 Å². The van der Waals surface area contributed by atoms with E-state index in [9.17, 15) is 9.59 Å². The number of nitrogens with zero attached hydrogens (tertiary/aromatic N) is 2. The topological polar surface area (TPSA) is 62.3 Å². The van der Waals surface area contributed by atoms with Crippen LogP contribution in [0.25, 0.3) is 0 Å². The van der Waals surface area contributed by atoms with Crippen molar-refractivity contribution in [2.45, 2.75) is 19.0 Å². The highest BCUT2D eigenvalue weighted by atomic mass is 35.5. The SMILES string of the molecule is CN1C(=O)C[C@H](C(=O)NCc2cccnc2)[C@@H]1c1cccc(Cl)c1. The van der Waals surface area contributed by atoms with Crippen LogP contribution in [0.2, 0.25) is 5.02 Å². The second kappa shape index (κ2) is 7.01. The Kier molecular flexibility index (Phi) is 4.81. The molecule has 2 amide bonds. The molecule has 0 unspecified atom stereocenters. The third-order valence-corrected chi connectivity index (χ3v) is 4.54. The second-order valence-corrected chi connectivity index (χ2v) is 6.33. The molecule has 0 radical (unpaired) electrons. The Hall–Kier alpha value is -2.40. The van der Waals surface area contributed by atoms with Gasteiger partial charge in [-0.15, -0.1) is 0 Å². The fourth-order valence-electron chi connectivity index (χ4n) is 3.07. The number of amides is 2. The Morgan fingerprint density at radius 3 is 2.92 bits per heavy atom. The number of hydrogen-bond donors (Lipinski definition) is 1. The van der Waals surface area contributed by atoms with E-state index < -0.39 is 5.92 Å². The van der Waals surface area contributed by atoms with E-state index in [0.717, 1.165) is 11.1 Å². The van der Waals surface area contributed by atoms with Gasteiger partial charge in [-0.2, -0.15) is 0 Å². The lowest BCUT2D eigenvalue weighted by Crippen LogP contribution is -2.34. The Morgan fingerprint density at radius 2 is 2.21 bits per heavy atom. The van der Waals surface area contributed by atoms with E-state index >= 15 is 0 Å². The van der Waals surface area contributed by atoms with E-state index in [-0.39, 0.29) is 24.3 Å². The number of rotatable bonds is 4. The fourth-order valence-corrected chi connectivity index (χ4v) is 3.27. The number of pyridine rings is 1. The molecular formula is C18H18ClN3O2. The van der Waals surface area contributed by atoms with Crippen LogP contribution in [-0.4, -0.2) is 28.7 Å². The van der Waals surface area contributed by atoms with E-state index in [1.807, 2.05) is 30.3 Å². The molecule has 1 aromatic carbocycles. The molecule has 0 spiro atoms. The maximum absolute atomic E-state index is 12.6. The third kappa shape index (κ3) is 3.41. The quantitative estimate of drug-likeness (QED) is 0.928. The smallest absolute Gasteiger partial charge is 0.226 e. The van der Waals surface area contributed by atoms with Crippen LogP contribution in [0.5, 0.6) is 0 Å². The molecule has 0 bridgehead atoms. The van der Waals surface area contributed by atoms with Gasteiger partial charge in [-0.1, -0.05) is 29.8 Å². The molecule has 1 aliphatic heterocycles. The van der Waals surface area contributed by atoms with E-state index in [1.165, 1.54) is 0 Å². The van der Waals surface area contributed by atoms with Gasteiger partial charge in [-0.25, -0.2) is 0 Å². The minimum Gasteiger partial charge on any atom is -0.352 e. The second-order valence-electron chi connectivity index (χ2n) is 5.89. The van der Waals surface area contributed by atoms with Crippen LogP contribution in [0.1, 0.15) is 23.6 Å². The maximum atomic E-state index is 12.6. The monoisotopic (exact) mass is 343 g/mol. The molecule has 124 valence electrons. The summed E-state index contributed by atoms with van der Waals surface area (Å²) in [4.78, 5) is 30.4. The van der Waals surface area contributed by atoms with Crippen molar-refractivity contribution in [3.63, 3.8) is 0 Å². The minimum absolute atomic E-state index is 0.0403. The summed E-state index contributed by atoms with van der Waals surface area (Å²) in [5, 5.41) is 3.50. The molecule has 2 aromatic rings. The first-order chi connectivity index (χ1) is 11.6. The van der Waals surface area contributed by atoms with Gasteiger partial charge in [0, 0.05) is 37.4 Å². The van der Waals surface area contributed by atoms with Gasteiger partial charge in [0.05, 0.1) is 12.0 Å². The maximum Gasteiger partial charge on any atom is 0.226 e. The predicted molar refractivity (Wildman–Crippen MR) is 91.2 cm³/mol. The minimum atomic E-state index is -0.433. The van der Waals surface area contributed by atoms with Crippen molar-refractivity contribution in [3.8, 4) is 0 Å². The number of halogens is 1. The fraction of sp³-hybridized carbons (Fsp3) is 0.278. The molecule has 1 aliphatic rings. The lowest BCUT2D eigenvalue weighted by Gasteiger charge is -2.25. The number of hydrogen-bond acceptors (Lipinski definition) is 3. The molecule has 24 heavy (non-hydrogen) atoms. The number of benzene rings is 1. The van der Waals surface area contributed by atoms with Gasteiger partial charge < -0.3 is 10.2 Å². The summed E-state index contributed by atoms with van der Waals surface area (Å²) in [6.45, 7) is 0.392. The molecule has 3 rings (SSSR count). The van der Waals surface area contributed by atoms with Crippen molar-refractivity contribution in [3.05, 3.63) is 64.9 Å². The molecule has 1 N–H and O–H groups in total. The lowest BCUT2D eigenvalue weighted by atomic mass is 9.93. The summed E-state index contributed by atoms with van der Waals surface area (Å²) in [7, 11) is 1.72. The van der Waals surface area contributed by atoms with Gasteiger partial charge in [-0.05, 0) is 29.3 Å². The zero-order valence-electron chi connectivity index (χ0n) is 13.3. The number of carbonyl (C=O) groups is 2. The van der Waals surface area contributed by atoms with E-state index in [4.69, 9.17) is 11.6 Å². The van der Waals surface area contributed by atoms with Gasteiger partial charge in [0.25, 0.3) is 0 Å². The zero-order valence-corrected chi connectivity index (χ0v) is 14.0. The van der Waals surface area contributed by atoms with Gasteiger partial charge in [-0.3, -0.25) is 14.6 Å². The normalized spacial score (nSPS) is 20.2. The summed E-state index contributed by atoms with van der Waals surface area (Å²) in [6, 6.07) is 10.7. The molecule has 6 heteroatoms. The van der Waals surface area contributed by atoms with Crippen LogP contribution in [0.3, 0.4) is 0 Å². The van der Waals surface area contributed by atoms with Gasteiger partial charge in [0.2, 0.25) is 11.8 Å². The number of aromatic nitrogens is 1. The molecule has 1 aromatic heterocycles. The Labute approximate surface area is 145 Å². The summed E-state index contributed by atoms with van der Waals surface area (Å²) in [6.07, 6.45) is 3.60. The summed E-state index contributed by atoms with van der Waals surface area (Å²) in [5.74, 6) is -0.610. The van der Waals surface area contributed by atoms with Crippen molar-refractivity contribution in [2.75, 3.05) is 7.05 Å². The zero-order chi connectivity index (χ0) is 17.1. The summed E-state index contributed by atoms with van der Waals surface area (Å²) < 4.78 is 0. The number of nitrogens with one attached hydrogen (secondary N) is 1. The highest BCUT2D eigenvalue weighted by Gasteiger charge is 2.42. The first-order valence-corrected chi connectivity index (χ1v) is 8.12. The molecule has 0 saturated carbocycles. The van der Waals surface area contributed by atoms with Crippen molar-refractivity contribution in [1.82, 2.24) is 15.2 Å². The molecule has 1 saturated heterocycles. The standard InChI is InChI=1S/C18H18ClN3O2/c1-22-16(23)9-15(17(22)13-5-2-6-14(19)8-13)18(24)21-11-12-4-3-7-20-10-12/h2-8,10,15,17H,9,11H2,1H3,(H,21,24)/t15-,17-/m0/s1. The lowest BCUT2D eigenvalue weighted by molar-refractivity contribution is -0.128. The third-order valence-electron chi connectivity index (χ3n) is 4.30. The highest BCUT2D eigenvalue weighted by Crippen LogP contribution is 2.37. The van der Waals surface area contributed by atoms with Crippen LogP contribution in [0, 0.1) is 5.92 Å². The Bertz CT molecular complexity index is 751. The van der Waals surface area contributed by atoms with Crippen molar-refractivity contribution >= 4 is 23.4 Å². The predicted octanol–water partition coefficient (Wildman–Crippen LogP) is 2.57. The molecule has 1 fully saturated rings. The van der Waals surface area contributed by atoms with Gasteiger partial charge in [0.15, 0.2) is 0 Å². The van der Waals surface area contributed by atoms with E-state index in [1.54, 1.807) is 30.4 Å². The van der Waals surface area contributed by atoms with Crippen LogP contribution < -0.4 is 5.32 Å². The first kappa shape index (κ1) is 16.5. The van der Waals surface area contributed by atoms with E-state index in [0.29, 0.717) is 11.6 Å². The Morgan fingerprint density at radius 1 is 1.38 bits per heavy atom. The van der Waals surface area contributed by atoms with Crippen LogP contribution in [-0.2, 0) is 16.1 Å². The van der Waals surface area contributed by atoms with Crippen molar-refractivity contribution in [2.24, 2.45) is 5.92 Å². The first-order valence-electron chi connectivity index (χ1n) is 7.74. The molecule has 2 heterocycles. The van der Waals surface area contributed by atoms with Gasteiger partial charge >= 0.3 is 0 Å². The summed E-state index contributed by atoms with van der Waals surface area (Å²) >= 11 is 6.06. The average molecular weight is 344 g/mol. The van der Waals surface area contributed by atoms with Crippen molar-refractivity contribution < 1.29 is 9.59 Å². The molecular weight excluding hydrogens is 326 g/mol. The van der Waals surface area contributed by atoms with Crippen LogP contribution in [0.15, 0.2) is 48.8 Å². The number of likely N-dealkylation sites (tertiary alicyclic amines) is 1. The average Bonchev–Trinajstić information content (AvgIpc) is 2.89. The molecule has 5 nitrogen and oxygen atoms in total. The van der Waals surface area contributed by atoms with Crippen LogP contribution >= 0.6 is 11.6 Å². The van der Waals surface area contributed by atoms with Gasteiger partial charge in [0.1, 0.15) is 0 Å². The number of carbonyl (C=O) groups excluding carboxylic acids is 2. The van der Waals surface area contributed by atoms with Crippen molar-refractivity contribution in [1.29, 1.82) is 0 Å². The molecule has 0 aliphatic carbocycles.